The highest BCUT2D eigenvalue weighted by atomic mass is 15.1. The Hall–Kier alpha value is -9.06. The van der Waals surface area contributed by atoms with Crippen LogP contribution in [0.5, 0.6) is 0 Å². The first kappa shape index (κ1) is 75.1. The van der Waals surface area contributed by atoms with E-state index in [4.69, 9.17) is 11.5 Å². The third-order valence-electron chi connectivity index (χ3n) is 21.7. The van der Waals surface area contributed by atoms with Crippen molar-refractivity contribution in [3.05, 3.63) is 286 Å². The molecule has 0 amide bonds. The zero-order chi connectivity index (χ0) is 73.0. The Morgan fingerprint density at radius 2 is 0.641 bits per heavy atom. The average Bonchev–Trinajstić information content (AvgIpc) is 0.772. The quantitative estimate of drug-likeness (QED) is 0.0425. The summed E-state index contributed by atoms with van der Waals surface area (Å²) < 4.78 is 0. The van der Waals surface area contributed by atoms with Crippen molar-refractivity contribution in [2.75, 3.05) is 9.80 Å². The second kappa shape index (κ2) is 34.0. The van der Waals surface area contributed by atoms with Gasteiger partial charge < -0.3 is 21.3 Å². The second-order valence-electron chi connectivity index (χ2n) is 31.2. The highest BCUT2D eigenvalue weighted by Crippen LogP contribution is 2.45. The first-order valence-electron chi connectivity index (χ1n) is 39.0. The molecular formula is C99H116N4. The summed E-state index contributed by atoms with van der Waals surface area (Å²) in [6.45, 7) is 31.7. The number of benzene rings is 11. The highest BCUT2D eigenvalue weighted by Gasteiger charge is 2.24. The smallest absolute Gasteiger partial charge is 0.0464 e. The fourth-order valence-electron chi connectivity index (χ4n) is 15.7. The number of anilines is 6. The summed E-state index contributed by atoms with van der Waals surface area (Å²) in [4.78, 5) is 4.89. The maximum atomic E-state index is 6.80. The van der Waals surface area contributed by atoms with Gasteiger partial charge in [-0.3, -0.25) is 0 Å². The minimum absolute atomic E-state index is 0.352. The predicted molar refractivity (Wildman–Crippen MR) is 448 cm³/mol. The largest absolute Gasteiger partial charge is 0.322 e. The van der Waals surface area contributed by atoms with E-state index in [0.29, 0.717) is 11.8 Å². The molecule has 0 aliphatic rings. The predicted octanol–water partition coefficient (Wildman–Crippen LogP) is 28.1. The molecule has 0 radical (unpaired) electrons. The van der Waals surface area contributed by atoms with Gasteiger partial charge in [0.2, 0.25) is 0 Å². The zero-order valence-electron chi connectivity index (χ0n) is 64.7. The monoisotopic (exact) mass is 1360 g/mol. The molecule has 0 aromatic heterocycles. The summed E-state index contributed by atoms with van der Waals surface area (Å²) in [6, 6.07) is 88.1. The minimum Gasteiger partial charge on any atom is -0.322 e. The van der Waals surface area contributed by atoms with Gasteiger partial charge in [0.15, 0.2) is 0 Å². The summed E-state index contributed by atoms with van der Waals surface area (Å²) in [5, 5.41) is 0. The van der Waals surface area contributed by atoms with E-state index in [1.165, 1.54) is 155 Å². The third kappa shape index (κ3) is 18.1. The van der Waals surface area contributed by atoms with E-state index in [0.717, 1.165) is 97.5 Å². The van der Waals surface area contributed by atoms with E-state index in [1.54, 1.807) is 0 Å². The van der Waals surface area contributed by atoms with Crippen molar-refractivity contribution in [2.24, 2.45) is 23.3 Å². The molecule has 11 rings (SSSR count). The molecule has 11 aromatic carbocycles. The van der Waals surface area contributed by atoms with Gasteiger partial charge in [-0.05, 0) is 300 Å². The summed E-state index contributed by atoms with van der Waals surface area (Å²) in [7, 11) is 0. The lowest BCUT2D eigenvalue weighted by atomic mass is 9.84. The number of hydrogen-bond donors (Lipinski definition) is 2. The van der Waals surface area contributed by atoms with Crippen LogP contribution in [0.1, 0.15) is 196 Å². The molecule has 2 unspecified atom stereocenters. The van der Waals surface area contributed by atoms with Crippen molar-refractivity contribution in [2.45, 2.75) is 204 Å². The number of nitrogens with zero attached hydrogens (tertiary/aromatic N) is 2. The van der Waals surface area contributed by atoms with Gasteiger partial charge in [0, 0.05) is 45.2 Å². The average molecular weight is 1360 g/mol. The standard InChI is InChI=1S/C99H116N4/c1-15-19-21-23-25-83-67-96(94-58-56-92(65-71(94)10)103(89-51-37-80(38-52-89)77-31-43-85(44-32-77)98(13,100)18-4)90-53-41-82(42-54-90)97-72(11)62-75(61-69(7)8)63-73(97)12)84(26-24-22-20-16-2)66-95(83)93-57-55-91(64-70(93)9)102(87-47-35-79(36-48-87)76-29-27-74(28-30-76)60-68(5)6)88-49-39-81(40-50-88)78-33-45-86(46-34-78)99(14,101)59-17-3/h27-58,62-69H,15-26,59-61,100-101H2,1-14H3. The van der Waals surface area contributed by atoms with Gasteiger partial charge in [0.1, 0.15) is 0 Å². The molecule has 0 aliphatic heterocycles. The van der Waals surface area contributed by atoms with Crippen molar-refractivity contribution in [3.8, 4) is 66.8 Å². The van der Waals surface area contributed by atoms with Gasteiger partial charge in [-0.1, -0.05) is 258 Å². The molecule has 0 bridgehead atoms. The maximum Gasteiger partial charge on any atom is 0.0464 e. The van der Waals surface area contributed by atoms with Crippen LogP contribution >= 0.6 is 0 Å². The van der Waals surface area contributed by atoms with Crippen LogP contribution in [0.3, 0.4) is 0 Å². The molecule has 4 heteroatoms. The fourth-order valence-corrected chi connectivity index (χ4v) is 15.7. The molecule has 11 aromatic rings. The van der Waals surface area contributed by atoms with Crippen LogP contribution in [-0.4, -0.2) is 0 Å². The van der Waals surface area contributed by atoms with Crippen molar-refractivity contribution in [1.29, 1.82) is 0 Å². The van der Waals surface area contributed by atoms with Gasteiger partial charge in [-0.15, -0.1) is 0 Å². The van der Waals surface area contributed by atoms with Crippen LogP contribution in [0.25, 0.3) is 66.8 Å². The van der Waals surface area contributed by atoms with Crippen molar-refractivity contribution < 1.29 is 0 Å². The van der Waals surface area contributed by atoms with Crippen LogP contribution in [-0.2, 0) is 36.8 Å². The van der Waals surface area contributed by atoms with Crippen LogP contribution in [0.4, 0.5) is 34.1 Å². The number of nitrogens with two attached hydrogens (primary N) is 2. The summed E-state index contributed by atoms with van der Waals surface area (Å²) in [6.07, 6.45) is 16.7. The minimum atomic E-state index is -0.362. The first-order valence-corrected chi connectivity index (χ1v) is 39.0. The number of hydrogen-bond acceptors (Lipinski definition) is 4. The van der Waals surface area contributed by atoms with E-state index in [2.05, 4.69) is 337 Å². The number of rotatable bonds is 31. The lowest BCUT2D eigenvalue weighted by Gasteiger charge is -2.28. The molecular weight excluding hydrogens is 1250 g/mol. The summed E-state index contributed by atoms with van der Waals surface area (Å²) in [5.74, 6) is 1.23. The Bertz CT molecular complexity index is 4550. The first-order chi connectivity index (χ1) is 49.6. The van der Waals surface area contributed by atoms with Crippen LogP contribution in [0.2, 0.25) is 0 Å². The second-order valence-corrected chi connectivity index (χ2v) is 31.2. The zero-order valence-corrected chi connectivity index (χ0v) is 64.7. The van der Waals surface area contributed by atoms with Crippen molar-refractivity contribution >= 4 is 34.1 Å². The van der Waals surface area contributed by atoms with Crippen molar-refractivity contribution in [3.63, 3.8) is 0 Å². The van der Waals surface area contributed by atoms with E-state index in [9.17, 15) is 0 Å². The molecule has 532 valence electrons. The molecule has 0 spiro atoms. The van der Waals surface area contributed by atoms with E-state index in [1.807, 2.05) is 0 Å². The molecule has 4 nitrogen and oxygen atoms in total. The maximum absolute atomic E-state index is 6.80. The highest BCUT2D eigenvalue weighted by molar-refractivity contribution is 5.87. The molecule has 0 saturated carbocycles. The molecule has 4 N–H and O–H groups in total. The van der Waals surface area contributed by atoms with Gasteiger partial charge >= 0.3 is 0 Å². The molecule has 0 saturated heterocycles. The fraction of sp³-hybridized carbons (Fsp3) is 0.333. The van der Waals surface area contributed by atoms with Gasteiger partial charge in [-0.2, -0.15) is 0 Å². The Morgan fingerprint density at radius 3 is 0.981 bits per heavy atom. The molecule has 2 atom stereocenters. The van der Waals surface area contributed by atoms with E-state index in [-0.39, 0.29) is 11.1 Å². The normalized spacial score (nSPS) is 12.8. The SMILES string of the molecule is CCCCCCc1cc(-c2ccc(N(c3ccc(-c4ccc(C(C)(N)CC)cc4)cc3)c3ccc(-c4c(C)cc(CC(C)C)cc4C)cc3)cc2C)c(CCCCCC)cc1-c1ccc(N(c2ccc(-c3ccc(CC(C)C)cc3)cc2)c2ccc(-c3ccc(C(C)(N)CCC)cc3)cc2)cc1C. The topological polar surface area (TPSA) is 58.5 Å². The summed E-state index contributed by atoms with van der Waals surface area (Å²) in [5.41, 5.74) is 47.8. The Morgan fingerprint density at radius 1 is 0.311 bits per heavy atom. The molecule has 0 heterocycles. The Balaban J connectivity index is 0.981. The van der Waals surface area contributed by atoms with Crippen LogP contribution in [0, 0.1) is 39.5 Å². The van der Waals surface area contributed by atoms with E-state index < -0.39 is 0 Å². The van der Waals surface area contributed by atoms with Gasteiger partial charge in [0.25, 0.3) is 0 Å². The van der Waals surface area contributed by atoms with Crippen LogP contribution in [0.15, 0.2) is 231 Å². The third-order valence-corrected chi connectivity index (χ3v) is 21.7. The number of aryl methyl sites for hydroxylation is 6. The lowest BCUT2D eigenvalue weighted by Crippen LogP contribution is -2.32. The Labute approximate surface area is 620 Å². The Kier molecular flexibility index (Phi) is 24.8. The van der Waals surface area contributed by atoms with E-state index >= 15 is 0 Å². The van der Waals surface area contributed by atoms with Crippen LogP contribution < -0.4 is 21.3 Å². The number of unbranched alkanes of at least 4 members (excludes halogenated alkanes) is 6. The molecule has 0 fully saturated rings. The van der Waals surface area contributed by atoms with Gasteiger partial charge in [0.05, 0.1) is 0 Å². The molecule has 103 heavy (non-hydrogen) atoms. The lowest BCUT2D eigenvalue weighted by molar-refractivity contribution is 0.447. The van der Waals surface area contributed by atoms with Gasteiger partial charge in [-0.25, -0.2) is 0 Å². The summed E-state index contributed by atoms with van der Waals surface area (Å²) >= 11 is 0. The van der Waals surface area contributed by atoms with Crippen molar-refractivity contribution in [1.82, 2.24) is 0 Å². The molecule has 0 aliphatic carbocycles.